The lowest BCUT2D eigenvalue weighted by molar-refractivity contribution is 0.589. The molecule has 0 radical (unpaired) electrons. The van der Waals surface area contributed by atoms with Crippen molar-refractivity contribution in [1.29, 1.82) is 0 Å². The molecule has 130 valence electrons. The maximum atomic E-state index is 6.00. The molecule has 2 aromatic heterocycles. The van der Waals surface area contributed by atoms with Gasteiger partial charge >= 0.3 is 0 Å². The molecule has 5 heteroatoms. The Labute approximate surface area is 156 Å². The first-order valence-electron chi connectivity index (χ1n) is 8.42. The molecule has 0 fully saturated rings. The molecule has 4 nitrogen and oxygen atoms in total. The van der Waals surface area contributed by atoms with Crippen molar-refractivity contribution in [2.24, 2.45) is 0 Å². The van der Waals surface area contributed by atoms with Gasteiger partial charge in [0.1, 0.15) is 5.52 Å². The van der Waals surface area contributed by atoms with Crippen LogP contribution in [0.15, 0.2) is 52.9 Å². The lowest BCUT2D eigenvalue weighted by Gasteiger charge is -2.04. The predicted octanol–water partition coefficient (Wildman–Crippen LogP) is 5.51. The molecule has 2 heterocycles. The molecule has 2 aromatic carbocycles. The summed E-state index contributed by atoms with van der Waals surface area (Å²) in [5.41, 5.74) is 5.88. The van der Waals surface area contributed by atoms with Gasteiger partial charge in [0.05, 0.1) is 12.2 Å². The third-order valence-electron chi connectivity index (χ3n) is 4.37. The summed E-state index contributed by atoms with van der Waals surface area (Å²) in [5.74, 6) is 0.553. The van der Waals surface area contributed by atoms with Crippen LogP contribution < -0.4 is 0 Å². The summed E-state index contributed by atoms with van der Waals surface area (Å²) in [6, 6.07) is 15.7. The normalized spacial score (nSPS) is 11.7. The van der Waals surface area contributed by atoms with E-state index < -0.39 is 0 Å². The predicted molar refractivity (Wildman–Crippen MR) is 105 cm³/mol. The topological polar surface area (TPSA) is 43.9 Å². The molecule has 0 N–H and O–H groups in total. The number of nitrogens with zero attached hydrogens (tertiary/aromatic N) is 3. The van der Waals surface area contributed by atoms with Gasteiger partial charge in [0.2, 0.25) is 5.89 Å². The summed E-state index contributed by atoms with van der Waals surface area (Å²) in [7, 11) is 0. The molecule has 0 saturated heterocycles. The Kier molecular flexibility index (Phi) is 4.35. The van der Waals surface area contributed by atoms with Crippen LogP contribution in [0.3, 0.4) is 0 Å². The van der Waals surface area contributed by atoms with Gasteiger partial charge in [0.15, 0.2) is 5.58 Å². The highest BCUT2D eigenvalue weighted by molar-refractivity contribution is 6.31. The van der Waals surface area contributed by atoms with Gasteiger partial charge in [-0.05, 0) is 43.7 Å². The Morgan fingerprint density at radius 1 is 1.08 bits per heavy atom. The SMILES string of the molecule is Cc1nn(Cc2ccccc2)c(C)c1/C=C/c1nc2cc(Cl)ccc2o1. The van der Waals surface area contributed by atoms with E-state index in [2.05, 4.69) is 29.1 Å². The molecule has 4 rings (SSSR count). The molecule has 4 aromatic rings. The second-order valence-corrected chi connectivity index (χ2v) is 6.66. The summed E-state index contributed by atoms with van der Waals surface area (Å²) >= 11 is 6.00. The van der Waals surface area contributed by atoms with E-state index in [4.69, 9.17) is 16.0 Å². The fourth-order valence-corrected chi connectivity index (χ4v) is 3.17. The van der Waals surface area contributed by atoms with Crippen molar-refractivity contribution in [2.45, 2.75) is 20.4 Å². The smallest absolute Gasteiger partial charge is 0.220 e. The van der Waals surface area contributed by atoms with Crippen LogP contribution in [0.5, 0.6) is 0 Å². The molecule has 0 unspecified atom stereocenters. The molecule has 0 aliphatic heterocycles. The molecule has 0 aliphatic carbocycles. The van der Waals surface area contributed by atoms with Crippen molar-refractivity contribution in [1.82, 2.24) is 14.8 Å². The van der Waals surface area contributed by atoms with Gasteiger partial charge < -0.3 is 4.42 Å². The number of benzene rings is 2. The van der Waals surface area contributed by atoms with Crippen LogP contribution in [-0.2, 0) is 6.54 Å². The first kappa shape index (κ1) is 16.6. The van der Waals surface area contributed by atoms with E-state index in [1.54, 1.807) is 12.1 Å². The highest BCUT2D eigenvalue weighted by Crippen LogP contribution is 2.22. The zero-order valence-electron chi connectivity index (χ0n) is 14.6. The molecule has 0 bridgehead atoms. The third kappa shape index (κ3) is 3.28. The Hall–Kier alpha value is -2.85. The Bertz CT molecular complexity index is 1090. The maximum absolute atomic E-state index is 6.00. The van der Waals surface area contributed by atoms with Crippen LogP contribution in [0.2, 0.25) is 5.02 Å². The summed E-state index contributed by atoms with van der Waals surface area (Å²) in [6.45, 7) is 4.84. The average molecular weight is 364 g/mol. The van der Waals surface area contributed by atoms with Gasteiger partial charge in [-0.2, -0.15) is 5.10 Å². The van der Waals surface area contributed by atoms with E-state index >= 15 is 0 Å². The summed E-state index contributed by atoms with van der Waals surface area (Å²) < 4.78 is 7.77. The Balaban J connectivity index is 1.62. The highest BCUT2D eigenvalue weighted by Gasteiger charge is 2.10. The fraction of sp³-hybridized carbons (Fsp3) is 0.143. The number of aryl methyl sites for hydroxylation is 1. The van der Waals surface area contributed by atoms with E-state index in [1.165, 1.54) is 5.56 Å². The van der Waals surface area contributed by atoms with Crippen LogP contribution in [0.25, 0.3) is 23.3 Å². The summed E-state index contributed by atoms with van der Waals surface area (Å²) in [6.07, 6.45) is 3.88. The van der Waals surface area contributed by atoms with Crippen molar-refractivity contribution in [3.63, 3.8) is 0 Å². The van der Waals surface area contributed by atoms with Crippen molar-refractivity contribution in [2.75, 3.05) is 0 Å². The van der Waals surface area contributed by atoms with Crippen LogP contribution in [-0.4, -0.2) is 14.8 Å². The number of aromatic nitrogens is 3. The van der Waals surface area contributed by atoms with Crippen LogP contribution in [0.1, 0.15) is 28.4 Å². The van der Waals surface area contributed by atoms with Crippen molar-refractivity contribution in [3.05, 3.63) is 82.0 Å². The Morgan fingerprint density at radius 2 is 1.88 bits per heavy atom. The highest BCUT2D eigenvalue weighted by atomic mass is 35.5. The van der Waals surface area contributed by atoms with Gasteiger partial charge in [-0.25, -0.2) is 4.98 Å². The first-order valence-corrected chi connectivity index (χ1v) is 8.80. The lowest BCUT2D eigenvalue weighted by atomic mass is 10.2. The monoisotopic (exact) mass is 363 g/mol. The Morgan fingerprint density at radius 3 is 2.69 bits per heavy atom. The van der Waals surface area contributed by atoms with E-state index in [9.17, 15) is 0 Å². The van der Waals surface area contributed by atoms with Gasteiger partial charge in [-0.15, -0.1) is 0 Å². The minimum atomic E-state index is 0.553. The minimum absolute atomic E-state index is 0.553. The van der Waals surface area contributed by atoms with Crippen molar-refractivity contribution < 1.29 is 4.42 Å². The van der Waals surface area contributed by atoms with Crippen molar-refractivity contribution >= 4 is 34.9 Å². The molecule has 0 atom stereocenters. The number of oxazole rings is 1. The van der Waals surface area contributed by atoms with E-state index in [0.29, 0.717) is 10.9 Å². The molecule has 0 aliphatic rings. The van der Waals surface area contributed by atoms with Crippen molar-refractivity contribution in [3.8, 4) is 0 Å². The van der Waals surface area contributed by atoms with Gasteiger partial charge in [-0.3, -0.25) is 4.68 Å². The number of fused-ring (bicyclic) bond motifs is 1. The van der Waals surface area contributed by atoms with E-state index in [1.807, 2.05) is 48.0 Å². The first-order chi connectivity index (χ1) is 12.6. The summed E-state index contributed by atoms with van der Waals surface area (Å²) in [4.78, 5) is 4.46. The second-order valence-electron chi connectivity index (χ2n) is 6.23. The maximum Gasteiger partial charge on any atom is 0.220 e. The van der Waals surface area contributed by atoms with Gasteiger partial charge in [0.25, 0.3) is 0 Å². The quantitative estimate of drug-likeness (QED) is 0.480. The minimum Gasteiger partial charge on any atom is -0.437 e. The summed E-state index contributed by atoms with van der Waals surface area (Å²) in [5, 5.41) is 5.32. The number of rotatable bonds is 4. The van der Waals surface area contributed by atoms with E-state index in [-0.39, 0.29) is 0 Å². The van der Waals surface area contributed by atoms with Gasteiger partial charge in [-0.1, -0.05) is 41.9 Å². The standard InChI is InChI=1S/C21H18ClN3O/c1-14-18(15(2)25(24-14)13-16-6-4-3-5-7-16)9-11-21-23-19-12-17(22)8-10-20(19)26-21/h3-12H,13H2,1-2H3/b11-9+. The molecular formula is C21H18ClN3O. The van der Waals surface area contributed by atoms with Crippen LogP contribution >= 0.6 is 11.6 Å². The third-order valence-corrected chi connectivity index (χ3v) is 4.61. The number of halogens is 1. The number of hydrogen-bond donors (Lipinski definition) is 0. The van der Waals surface area contributed by atoms with Gasteiger partial charge in [0, 0.05) is 22.4 Å². The molecule has 26 heavy (non-hydrogen) atoms. The molecular weight excluding hydrogens is 346 g/mol. The molecule has 0 amide bonds. The van der Waals surface area contributed by atoms with E-state index in [0.717, 1.165) is 34.6 Å². The lowest BCUT2D eigenvalue weighted by Crippen LogP contribution is -2.03. The van der Waals surface area contributed by atoms with Crippen LogP contribution in [0, 0.1) is 13.8 Å². The zero-order valence-corrected chi connectivity index (χ0v) is 15.4. The average Bonchev–Trinajstić information content (AvgIpc) is 3.14. The molecule has 0 spiro atoms. The zero-order chi connectivity index (χ0) is 18.1. The molecule has 0 saturated carbocycles. The van der Waals surface area contributed by atoms with Crippen LogP contribution in [0.4, 0.5) is 0 Å². The largest absolute Gasteiger partial charge is 0.437 e. The fourth-order valence-electron chi connectivity index (χ4n) is 3.01. The number of hydrogen-bond acceptors (Lipinski definition) is 3. The second kappa shape index (κ2) is 6.81.